The van der Waals surface area contributed by atoms with Gasteiger partial charge in [-0.15, -0.1) is 0 Å². The Bertz CT molecular complexity index is 717. The topological polar surface area (TPSA) is 94.2 Å². The number of hydrogen-bond acceptors (Lipinski definition) is 4. The van der Waals surface area contributed by atoms with Crippen LogP contribution < -0.4 is 18.3 Å². The van der Waals surface area contributed by atoms with Crippen LogP contribution in [-0.4, -0.2) is 4.98 Å². The highest BCUT2D eigenvalue weighted by molar-refractivity contribution is 6.09. The third-order valence-electron chi connectivity index (χ3n) is 2.68. The summed E-state index contributed by atoms with van der Waals surface area (Å²) in [5, 5.41) is 1.75. The summed E-state index contributed by atoms with van der Waals surface area (Å²) >= 11 is 0. The quantitative estimate of drug-likeness (QED) is 0.682. The van der Waals surface area contributed by atoms with Crippen LogP contribution in [0.2, 0.25) is 0 Å². The highest BCUT2D eigenvalue weighted by atomic mass is 35.7. The van der Waals surface area contributed by atoms with E-state index in [0.717, 1.165) is 16.3 Å². The summed E-state index contributed by atoms with van der Waals surface area (Å²) in [5.74, 6) is 0.000340. The van der Waals surface area contributed by atoms with Crippen LogP contribution in [0.4, 0.5) is 0 Å². The maximum atomic E-state index is 10.6. The van der Waals surface area contributed by atoms with Gasteiger partial charge in [0.1, 0.15) is 15.8 Å². The van der Waals surface area contributed by atoms with E-state index in [4.69, 9.17) is 0 Å². The average molecular weight is 266 g/mol. The summed E-state index contributed by atoms with van der Waals surface area (Å²) in [7, 11) is -4.50. The van der Waals surface area contributed by atoms with Gasteiger partial charge in [0.2, 0.25) is 0 Å². The zero-order valence-electron chi connectivity index (χ0n) is 9.05. The van der Waals surface area contributed by atoms with Crippen LogP contribution in [-0.2, 0) is 0 Å². The van der Waals surface area contributed by atoms with Crippen molar-refractivity contribution < 1.29 is 28.5 Å². The minimum Gasteiger partial charge on any atom is -0.351 e. The number of rotatable bonds is 2. The molecule has 0 atom stereocenters. The lowest BCUT2D eigenvalue weighted by Gasteiger charge is -2.12. The van der Waals surface area contributed by atoms with Crippen LogP contribution in [0, 0.1) is 10.2 Å². The van der Waals surface area contributed by atoms with Crippen molar-refractivity contribution in [2.45, 2.75) is 0 Å². The summed E-state index contributed by atoms with van der Waals surface area (Å²) in [6, 6.07) is 12.4. The Balaban J connectivity index is 2.28. The van der Waals surface area contributed by atoms with E-state index in [1.165, 1.54) is 6.07 Å². The van der Waals surface area contributed by atoms with Crippen molar-refractivity contribution in [1.82, 2.24) is 4.98 Å². The second-order valence-electron chi connectivity index (χ2n) is 3.80. The Morgan fingerprint density at radius 2 is 1.61 bits per heavy atom. The van der Waals surface area contributed by atoms with Crippen molar-refractivity contribution in [3.05, 3.63) is 42.5 Å². The van der Waals surface area contributed by atoms with Crippen LogP contribution in [0.25, 0.3) is 21.8 Å². The van der Waals surface area contributed by atoms with E-state index in [9.17, 15) is 14.0 Å². The number of aromatic amines is 1. The molecule has 1 heterocycles. The molecule has 0 aliphatic carbocycles. The molecule has 0 aliphatic heterocycles. The maximum Gasteiger partial charge on any atom is 0.312 e. The predicted octanol–water partition coefficient (Wildman–Crippen LogP) is -0.403. The van der Waals surface area contributed by atoms with Gasteiger partial charge in [0.15, 0.2) is 0 Å². The van der Waals surface area contributed by atoms with Crippen molar-refractivity contribution in [3.8, 4) is 5.75 Å². The zero-order valence-corrected chi connectivity index (χ0v) is 9.81. The summed E-state index contributed by atoms with van der Waals surface area (Å²) in [4.78, 5) is 3.04. The Kier molecular flexibility index (Phi) is 2.42. The number of halogens is 1. The first kappa shape index (κ1) is 11.3. The van der Waals surface area contributed by atoms with Crippen LogP contribution in [0.5, 0.6) is 5.75 Å². The van der Waals surface area contributed by atoms with Crippen molar-refractivity contribution in [1.29, 1.82) is 0 Å². The van der Waals surface area contributed by atoms with Gasteiger partial charge in [-0.05, 0) is 12.1 Å². The Labute approximate surface area is 104 Å². The number of hydrogen-bond donors (Lipinski definition) is 1. The molecule has 5 nitrogen and oxygen atoms in total. The number of para-hydroxylation sites is 2. The molecule has 0 bridgehead atoms. The fourth-order valence-electron chi connectivity index (χ4n) is 2.01. The monoisotopic (exact) mass is 265 g/mol. The molecule has 3 aromatic rings. The second kappa shape index (κ2) is 3.86. The first-order valence-corrected chi connectivity index (χ1v) is 6.38. The van der Waals surface area contributed by atoms with Gasteiger partial charge in [-0.2, -0.15) is 14.0 Å². The molecule has 0 radical (unpaired) electrons. The Morgan fingerprint density at radius 1 is 0.889 bits per heavy atom. The number of H-pyrrole nitrogens is 1. The number of benzene rings is 2. The molecule has 18 heavy (non-hydrogen) atoms. The molecular formula is C12H8ClNO4. The summed E-state index contributed by atoms with van der Waals surface area (Å²) < 4.78 is 36.3. The predicted molar refractivity (Wildman–Crippen MR) is 56.4 cm³/mol. The van der Waals surface area contributed by atoms with Gasteiger partial charge in [-0.3, -0.25) is 0 Å². The number of nitrogens with one attached hydrogen (secondary N) is 1. The van der Waals surface area contributed by atoms with Crippen LogP contribution >= 0.6 is 0 Å². The summed E-state index contributed by atoms with van der Waals surface area (Å²) in [6.07, 6.45) is 0. The fraction of sp³-hybridized carbons (Fsp3) is 0. The standard InChI is InChI=1S/C12H8ClNO4/c15-13(16,17)18-11-7-3-5-9-8-4-1-2-6-10(8)14-12(9)11/h1-7,14H. The Hall–Kier alpha value is -1.79. The molecule has 6 heteroatoms. The molecule has 2 aromatic carbocycles. The van der Waals surface area contributed by atoms with Gasteiger partial charge in [-0.1, -0.05) is 34.6 Å². The number of aromatic nitrogens is 1. The lowest BCUT2D eigenvalue weighted by molar-refractivity contribution is -1.91. The van der Waals surface area contributed by atoms with E-state index in [0.29, 0.717) is 5.52 Å². The van der Waals surface area contributed by atoms with Gasteiger partial charge in [0.25, 0.3) is 0 Å². The summed E-state index contributed by atoms with van der Waals surface area (Å²) in [6.45, 7) is 0. The van der Waals surface area contributed by atoms with Crippen LogP contribution in [0.1, 0.15) is 0 Å². The third-order valence-corrected chi connectivity index (χ3v) is 3.04. The average Bonchev–Trinajstić information content (AvgIpc) is 2.67. The van der Waals surface area contributed by atoms with E-state index in [1.807, 2.05) is 30.3 Å². The normalized spacial score (nSPS) is 12.2. The molecule has 0 saturated heterocycles. The molecule has 1 N–H and O–H groups in total. The molecule has 0 unspecified atom stereocenters. The van der Waals surface area contributed by atoms with Gasteiger partial charge in [0, 0.05) is 16.3 Å². The van der Waals surface area contributed by atoms with Gasteiger partial charge >= 0.3 is 5.75 Å². The molecule has 0 aliphatic rings. The highest BCUT2D eigenvalue weighted by Crippen LogP contribution is 2.31. The third kappa shape index (κ3) is 1.89. The molecule has 0 spiro atoms. The molecular weight excluding hydrogens is 258 g/mol. The Morgan fingerprint density at radius 3 is 2.39 bits per heavy atom. The van der Waals surface area contributed by atoms with E-state index in [-0.39, 0.29) is 5.75 Å². The maximum absolute atomic E-state index is 10.6. The molecule has 3 rings (SSSR count). The van der Waals surface area contributed by atoms with Crippen LogP contribution in [0.3, 0.4) is 0 Å². The van der Waals surface area contributed by atoms with Crippen molar-refractivity contribution in [2.75, 3.05) is 0 Å². The second-order valence-corrected chi connectivity index (χ2v) is 4.71. The summed E-state index contributed by atoms with van der Waals surface area (Å²) in [5.41, 5.74) is 1.34. The van der Waals surface area contributed by atoms with Crippen LogP contribution in [0.15, 0.2) is 42.5 Å². The molecule has 1 aromatic heterocycles. The van der Waals surface area contributed by atoms with E-state index >= 15 is 0 Å². The SMILES string of the molecule is [O-][Cl+3]([O-])([O-])Oc1cccc2c1[nH]c1ccccc12. The largest absolute Gasteiger partial charge is 0.351 e. The smallest absolute Gasteiger partial charge is 0.312 e. The number of fused-ring (bicyclic) bond motifs is 3. The highest BCUT2D eigenvalue weighted by Gasteiger charge is 2.22. The minimum atomic E-state index is -4.50. The van der Waals surface area contributed by atoms with Gasteiger partial charge in [0.05, 0.1) is 0 Å². The van der Waals surface area contributed by atoms with E-state index in [1.54, 1.807) is 6.07 Å². The minimum absolute atomic E-state index is 0.000340. The molecule has 0 amide bonds. The van der Waals surface area contributed by atoms with Crippen molar-refractivity contribution >= 4 is 21.8 Å². The van der Waals surface area contributed by atoms with E-state index in [2.05, 4.69) is 9.27 Å². The first-order chi connectivity index (χ1) is 8.54. The molecule has 0 fully saturated rings. The fourth-order valence-corrected chi connectivity index (χ4v) is 2.34. The molecule has 92 valence electrons. The lowest BCUT2D eigenvalue weighted by atomic mass is 10.1. The molecule has 0 saturated carbocycles. The van der Waals surface area contributed by atoms with E-state index < -0.39 is 10.2 Å². The van der Waals surface area contributed by atoms with Crippen molar-refractivity contribution in [3.63, 3.8) is 0 Å². The zero-order chi connectivity index (χ0) is 12.8. The van der Waals surface area contributed by atoms with Gasteiger partial charge in [-0.25, -0.2) is 0 Å². The lowest BCUT2D eigenvalue weighted by Crippen LogP contribution is -2.63. The van der Waals surface area contributed by atoms with Gasteiger partial charge < -0.3 is 4.98 Å². The first-order valence-electron chi connectivity index (χ1n) is 5.14. The van der Waals surface area contributed by atoms with Crippen molar-refractivity contribution in [2.24, 2.45) is 0 Å².